The molecule has 1 heterocycles. The van der Waals surface area contributed by atoms with Crippen LogP contribution in [0.3, 0.4) is 0 Å². The van der Waals surface area contributed by atoms with Gasteiger partial charge in [0.05, 0.1) is 0 Å². The summed E-state index contributed by atoms with van der Waals surface area (Å²) in [5.74, 6) is 0. The molecular weight excluding hydrogens is 280 g/mol. The highest BCUT2D eigenvalue weighted by molar-refractivity contribution is 6.31. The number of hydrogen-bond acceptors (Lipinski definition) is 2. The van der Waals surface area contributed by atoms with Gasteiger partial charge in [-0.2, -0.15) is 0 Å². The van der Waals surface area contributed by atoms with E-state index in [1.54, 1.807) is 0 Å². The van der Waals surface area contributed by atoms with Gasteiger partial charge in [-0.05, 0) is 68.1 Å². The maximum atomic E-state index is 6.39. The van der Waals surface area contributed by atoms with Crippen molar-refractivity contribution in [2.75, 3.05) is 6.54 Å². The van der Waals surface area contributed by atoms with Gasteiger partial charge in [0, 0.05) is 23.0 Å². The summed E-state index contributed by atoms with van der Waals surface area (Å²) < 4.78 is 0. The van der Waals surface area contributed by atoms with Crippen molar-refractivity contribution in [3.05, 3.63) is 63.9 Å². The Morgan fingerprint density at radius 2 is 2.00 bits per heavy atom. The Morgan fingerprint density at radius 3 is 2.67 bits per heavy atom. The molecule has 1 atom stereocenters. The fourth-order valence-corrected chi connectivity index (χ4v) is 2.76. The lowest BCUT2D eigenvalue weighted by Crippen LogP contribution is -2.24. The number of nitrogens with one attached hydrogen (secondary N) is 1. The van der Waals surface area contributed by atoms with Gasteiger partial charge in [-0.15, -0.1) is 0 Å². The first-order valence-corrected chi connectivity index (χ1v) is 7.89. The fourth-order valence-electron chi connectivity index (χ4n) is 2.45. The molecule has 0 aliphatic heterocycles. The van der Waals surface area contributed by atoms with Crippen LogP contribution in [0.15, 0.2) is 36.5 Å². The van der Waals surface area contributed by atoms with E-state index in [9.17, 15) is 0 Å². The maximum absolute atomic E-state index is 6.39. The zero-order valence-electron chi connectivity index (χ0n) is 13.0. The highest BCUT2D eigenvalue weighted by Gasteiger charge is 2.14. The molecule has 1 aromatic heterocycles. The summed E-state index contributed by atoms with van der Waals surface area (Å²) >= 11 is 6.39. The molecule has 0 bridgehead atoms. The molecule has 0 saturated carbocycles. The number of pyridine rings is 1. The van der Waals surface area contributed by atoms with Crippen LogP contribution in [0.4, 0.5) is 0 Å². The van der Waals surface area contributed by atoms with Gasteiger partial charge >= 0.3 is 0 Å². The van der Waals surface area contributed by atoms with Crippen molar-refractivity contribution in [3.63, 3.8) is 0 Å². The SMILES string of the molecule is CCCNC(Cc1ccc(C)cc1Cl)c1ccnc(C)c1. The first-order valence-electron chi connectivity index (χ1n) is 7.51. The summed E-state index contributed by atoms with van der Waals surface area (Å²) in [6, 6.07) is 10.8. The summed E-state index contributed by atoms with van der Waals surface area (Å²) in [6.07, 6.45) is 3.88. The number of halogens is 1. The molecule has 21 heavy (non-hydrogen) atoms. The van der Waals surface area contributed by atoms with E-state index in [1.807, 2.05) is 19.2 Å². The lowest BCUT2D eigenvalue weighted by molar-refractivity contribution is 0.528. The van der Waals surface area contributed by atoms with Crippen molar-refractivity contribution >= 4 is 11.6 Å². The van der Waals surface area contributed by atoms with E-state index in [2.05, 4.69) is 48.4 Å². The predicted molar refractivity (Wildman–Crippen MR) is 89.9 cm³/mol. The molecular formula is C18H23ClN2. The van der Waals surface area contributed by atoms with Crippen LogP contribution in [0.2, 0.25) is 5.02 Å². The molecule has 112 valence electrons. The Labute approximate surface area is 132 Å². The van der Waals surface area contributed by atoms with Crippen molar-refractivity contribution in [3.8, 4) is 0 Å². The third kappa shape index (κ3) is 4.55. The number of benzene rings is 1. The van der Waals surface area contributed by atoms with Gasteiger partial charge in [-0.1, -0.05) is 30.7 Å². The van der Waals surface area contributed by atoms with Crippen molar-refractivity contribution in [1.29, 1.82) is 0 Å². The van der Waals surface area contributed by atoms with Crippen LogP contribution < -0.4 is 5.32 Å². The minimum Gasteiger partial charge on any atom is -0.310 e. The molecule has 0 radical (unpaired) electrons. The molecule has 3 heteroatoms. The van der Waals surface area contributed by atoms with E-state index in [-0.39, 0.29) is 6.04 Å². The monoisotopic (exact) mass is 302 g/mol. The molecule has 0 saturated heterocycles. The van der Waals surface area contributed by atoms with Crippen LogP contribution >= 0.6 is 11.6 Å². The number of nitrogens with zero attached hydrogens (tertiary/aromatic N) is 1. The average molecular weight is 303 g/mol. The lowest BCUT2D eigenvalue weighted by atomic mass is 9.98. The summed E-state index contributed by atoms with van der Waals surface area (Å²) in [4.78, 5) is 4.28. The van der Waals surface area contributed by atoms with Crippen molar-refractivity contribution in [2.24, 2.45) is 0 Å². The van der Waals surface area contributed by atoms with Crippen LogP contribution in [0.25, 0.3) is 0 Å². The average Bonchev–Trinajstić information content (AvgIpc) is 2.45. The van der Waals surface area contributed by atoms with Crippen LogP contribution in [0, 0.1) is 13.8 Å². The Morgan fingerprint density at radius 1 is 1.19 bits per heavy atom. The molecule has 0 aliphatic rings. The van der Waals surface area contributed by atoms with Crippen LogP contribution in [0.5, 0.6) is 0 Å². The van der Waals surface area contributed by atoms with Crippen molar-refractivity contribution in [1.82, 2.24) is 10.3 Å². The van der Waals surface area contributed by atoms with E-state index in [4.69, 9.17) is 11.6 Å². The van der Waals surface area contributed by atoms with Crippen LogP contribution in [0.1, 0.15) is 41.8 Å². The third-order valence-electron chi connectivity index (χ3n) is 3.60. The predicted octanol–water partition coefficient (Wildman–Crippen LogP) is 4.64. The van der Waals surface area contributed by atoms with Crippen molar-refractivity contribution < 1.29 is 0 Å². The van der Waals surface area contributed by atoms with Crippen LogP contribution in [-0.2, 0) is 6.42 Å². The molecule has 1 N–H and O–H groups in total. The second kappa shape index (κ2) is 7.58. The van der Waals surface area contributed by atoms with Crippen LogP contribution in [-0.4, -0.2) is 11.5 Å². The molecule has 0 fully saturated rings. The minimum atomic E-state index is 0.270. The molecule has 2 nitrogen and oxygen atoms in total. The van der Waals surface area contributed by atoms with Gasteiger partial charge in [-0.3, -0.25) is 4.98 Å². The van der Waals surface area contributed by atoms with Gasteiger partial charge < -0.3 is 5.32 Å². The highest BCUT2D eigenvalue weighted by Crippen LogP contribution is 2.24. The van der Waals surface area contributed by atoms with E-state index in [0.717, 1.165) is 30.1 Å². The lowest BCUT2D eigenvalue weighted by Gasteiger charge is -2.20. The van der Waals surface area contributed by atoms with E-state index < -0.39 is 0 Å². The summed E-state index contributed by atoms with van der Waals surface area (Å²) in [5, 5.41) is 4.47. The summed E-state index contributed by atoms with van der Waals surface area (Å²) in [5.41, 5.74) is 4.70. The number of hydrogen-bond donors (Lipinski definition) is 1. The zero-order valence-corrected chi connectivity index (χ0v) is 13.7. The smallest absolute Gasteiger partial charge is 0.0441 e. The Hall–Kier alpha value is -1.38. The molecule has 0 spiro atoms. The van der Waals surface area contributed by atoms with E-state index in [0.29, 0.717) is 0 Å². The fraction of sp³-hybridized carbons (Fsp3) is 0.389. The standard InChI is InChI=1S/C18H23ClN2/c1-4-8-21-18(16-7-9-20-14(3)11-16)12-15-6-5-13(2)10-17(15)19/h5-7,9-11,18,21H,4,8,12H2,1-3H3. The maximum Gasteiger partial charge on any atom is 0.0441 e. The number of rotatable bonds is 6. The second-order valence-electron chi connectivity index (χ2n) is 5.54. The topological polar surface area (TPSA) is 24.9 Å². The molecule has 0 amide bonds. The first kappa shape index (κ1) is 16.0. The van der Waals surface area contributed by atoms with E-state index in [1.165, 1.54) is 16.7 Å². The minimum absolute atomic E-state index is 0.270. The summed E-state index contributed by atoms with van der Waals surface area (Å²) in [6.45, 7) is 7.27. The number of aromatic nitrogens is 1. The molecule has 1 unspecified atom stereocenters. The van der Waals surface area contributed by atoms with Crippen molar-refractivity contribution in [2.45, 2.75) is 39.7 Å². The van der Waals surface area contributed by atoms with Gasteiger partial charge in [0.1, 0.15) is 0 Å². The molecule has 2 aromatic rings. The first-order chi connectivity index (χ1) is 10.1. The Balaban J connectivity index is 2.23. The largest absolute Gasteiger partial charge is 0.310 e. The summed E-state index contributed by atoms with van der Waals surface area (Å²) in [7, 11) is 0. The Bertz CT molecular complexity index is 596. The Kier molecular flexibility index (Phi) is 5.77. The molecule has 1 aromatic carbocycles. The zero-order chi connectivity index (χ0) is 15.2. The quantitative estimate of drug-likeness (QED) is 0.841. The second-order valence-corrected chi connectivity index (χ2v) is 5.94. The normalized spacial score (nSPS) is 12.4. The molecule has 2 rings (SSSR count). The van der Waals surface area contributed by atoms with Gasteiger partial charge in [0.2, 0.25) is 0 Å². The van der Waals surface area contributed by atoms with Gasteiger partial charge in [-0.25, -0.2) is 0 Å². The molecule has 0 aliphatic carbocycles. The number of aryl methyl sites for hydroxylation is 2. The third-order valence-corrected chi connectivity index (χ3v) is 3.95. The van der Waals surface area contributed by atoms with Gasteiger partial charge in [0.25, 0.3) is 0 Å². The highest BCUT2D eigenvalue weighted by atomic mass is 35.5. The van der Waals surface area contributed by atoms with E-state index >= 15 is 0 Å². The van der Waals surface area contributed by atoms with Gasteiger partial charge in [0.15, 0.2) is 0 Å².